The molecule has 0 aromatic carbocycles. The summed E-state index contributed by atoms with van der Waals surface area (Å²) in [6, 6.07) is 2.23. The van der Waals surface area contributed by atoms with Gasteiger partial charge in [0, 0.05) is 24.1 Å². The van der Waals surface area contributed by atoms with Gasteiger partial charge in [0.15, 0.2) is 0 Å². The lowest BCUT2D eigenvalue weighted by molar-refractivity contribution is 0.0510. The van der Waals surface area contributed by atoms with E-state index in [4.69, 9.17) is 4.74 Å². The fourth-order valence-electron chi connectivity index (χ4n) is 2.73. The van der Waals surface area contributed by atoms with E-state index in [9.17, 15) is 9.59 Å². The predicted octanol–water partition coefficient (Wildman–Crippen LogP) is 0.793. The molecule has 0 bridgehead atoms. The van der Waals surface area contributed by atoms with Gasteiger partial charge in [-0.25, -0.2) is 14.8 Å². The molecule has 1 saturated heterocycles. The van der Waals surface area contributed by atoms with Crippen molar-refractivity contribution < 1.29 is 9.53 Å². The van der Waals surface area contributed by atoms with Crippen molar-refractivity contribution in [3.63, 3.8) is 0 Å². The van der Waals surface area contributed by atoms with E-state index in [1.165, 1.54) is 6.20 Å². The van der Waals surface area contributed by atoms with Crippen LogP contribution in [0.1, 0.15) is 34.7 Å². The number of piperidine rings is 1. The third-order valence-electron chi connectivity index (χ3n) is 3.73. The number of likely N-dealkylation sites (tertiary alicyclic amines) is 1. The molecule has 1 unspecified atom stereocenters. The molecule has 0 saturated carbocycles. The van der Waals surface area contributed by atoms with Gasteiger partial charge in [0.25, 0.3) is 5.91 Å². The zero-order valence-electron chi connectivity index (χ0n) is 13.1. The largest absolute Gasteiger partial charge is 0.458 e. The molecule has 1 aliphatic heterocycles. The Morgan fingerprint density at radius 2 is 2.09 bits per heavy atom. The summed E-state index contributed by atoms with van der Waals surface area (Å²) in [5.74, 6) is -0.210. The summed E-state index contributed by atoms with van der Waals surface area (Å²) < 4.78 is 5.84. The normalized spacial score (nSPS) is 18.0. The summed E-state index contributed by atoms with van der Waals surface area (Å²) in [5.41, 5.74) is 1.57. The van der Waals surface area contributed by atoms with Gasteiger partial charge in [0.2, 0.25) is 0 Å². The summed E-state index contributed by atoms with van der Waals surface area (Å²) in [5, 5.41) is 0. The first-order chi connectivity index (χ1) is 11.0. The monoisotopic (exact) mass is 317 g/mol. The third-order valence-corrected chi connectivity index (χ3v) is 3.73. The molecule has 2 aromatic rings. The number of hydrogen-bond acceptors (Lipinski definition) is 5. The van der Waals surface area contributed by atoms with Crippen molar-refractivity contribution in [3.05, 3.63) is 39.8 Å². The van der Waals surface area contributed by atoms with Crippen LogP contribution in [-0.2, 0) is 0 Å². The highest BCUT2D eigenvalue weighted by Gasteiger charge is 2.27. The van der Waals surface area contributed by atoms with Gasteiger partial charge in [-0.3, -0.25) is 4.79 Å². The van der Waals surface area contributed by atoms with Gasteiger partial charge < -0.3 is 19.6 Å². The van der Waals surface area contributed by atoms with E-state index in [0.29, 0.717) is 19.1 Å². The quantitative estimate of drug-likeness (QED) is 0.871. The highest BCUT2D eigenvalue weighted by atomic mass is 16.5. The van der Waals surface area contributed by atoms with E-state index in [-0.39, 0.29) is 23.4 Å². The number of carbonyl (C=O) groups is 1. The Labute approximate surface area is 132 Å². The molecule has 1 aliphatic rings. The average Bonchev–Trinajstić information content (AvgIpc) is 2.92. The van der Waals surface area contributed by atoms with Crippen molar-refractivity contribution in [1.29, 1.82) is 0 Å². The van der Waals surface area contributed by atoms with Gasteiger partial charge in [-0.1, -0.05) is 0 Å². The van der Waals surface area contributed by atoms with Gasteiger partial charge in [0.1, 0.15) is 11.8 Å². The van der Waals surface area contributed by atoms with E-state index in [0.717, 1.165) is 24.2 Å². The van der Waals surface area contributed by atoms with Crippen LogP contribution in [0.4, 0.5) is 0 Å². The van der Waals surface area contributed by atoms with Crippen molar-refractivity contribution in [2.24, 2.45) is 0 Å². The molecule has 2 N–H and O–H groups in total. The Morgan fingerprint density at radius 3 is 2.74 bits per heavy atom. The van der Waals surface area contributed by atoms with E-state index < -0.39 is 0 Å². The number of aromatic amines is 2. The summed E-state index contributed by atoms with van der Waals surface area (Å²) in [7, 11) is 0. The van der Waals surface area contributed by atoms with E-state index in [1.54, 1.807) is 4.90 Å². The molecule has 2 aromatic heterocycles. The maximum atomic E-state index is 12.4. The second-order valence-electron chi connectivity index (χ2n) is 5.72. The summed E-state index contributed by atoms with van der Waals surface area (Å²) in [4.78, 5) is 38.6. The number of carbonyl (C=O) groups excluding carboxylic acids is 1. The molecule has 1 atom stereocenters. The highest BCUT2D eigenvalue weighted by molar-refractivity contribution is 5.92. The maximum absolute atomic E-state index is 12.4. The van der Waals surface area contributed by atoms with Crippen LogP contribution < -0.4 is 10.4 Å². The highest BCUT2D eigenvalue weighted by Crippen LogP contribution is 2.17. The second kappa shape index (κ2) is 6.23. The molecule has 3 heterocycles. The van der Waals surface area contributed by atoms with Gasteiger partial charge in [-0.05, 0) is 32.8 Å². The predicted molar refractivity (Wildman–Crippen MR) is 82.5 cm³/mol. The van der Waals surface area contributed by atoms with Crippen molar-refractivity contribution >= 4 is 5.91 Å². The first kappa shape index (κ1) is 15.3. The number of amides is 1. The number of rotatable bonds is 3. The summed E-state index contributed by atoms with van der Waals surface area (Å²) in [6.07, 6.45) is 2.90. The molecular weight excluding hydrogens is 298 g/mol. The number of H-pyrrole nitrogens is 2. The fraction of sp³-hybridized carbons (Fsp3) is 0.467. The van der Waals surface area contributed by atoms with Gasteiger partial charge in [-0.2, -0.15) is 0 Å². The van der Waals surface area contributed by atoms with Crippen LogP contribution in [0.2, 0.25) is 0 Å². The number of aryl methyl sites for hydroxylation is 2. The van der Waals surface area contributed by atoms with Crippen LogP contribution in [-0.4, -0.2) is 49.9 Å². The lowest BCUT2D eigenvalue weighted by atomic mass is 10.1. The number of nitrogens with zero attached hydrogens (tertiary/aromatic N) is 3. The van der Waals surface area contributed by atoms with Crippen LogP contribution in [0, 0.1) is 13.8 Å². The molecule has 0 radical (unpaired) electrons. The Balaban J connectivity index is 1.68. The molecule has 1 amide bonds. The minimum Gasteiger partial charge on any atom is -0.458 e. The van der Waals surface area contributed by atoms with Crippen molar-refractivity contribution in [2.75, 3.05) is 13.1 Å². The molecular formula is C15H19N5O3. The summed E-state index contributed by atoms with van der Waals surface area (Å²) in [6.45, 7) is 4.86. The van der Waals surface area contributed by atoms with Crippen molar-refractivity contribution in [2.45, 2.75) is 32.8 Å². The topological polar surface area (TPSA) is 104 Å². The number of ether oxygens (including phenoxy) is 1. The van der Waals surface area contributed by atoms with Crippen LogP contribution in [0.25, 0.3) is 0 Å². The second-order valence-corrected chi connectivity index (χ2v) is 5.72. The molecule has 3 rings (SSSR count). The average molecular weight is 317 g/mol. The Kier molecular flexibility index (Phi) is 4.14. The van der Waals surface area contributed by atoms with E-state index in [2.05, 4.69) is 19.9 Å². The number of imidazole rings is 1. The first-order valence-corrected chi connectivity index (χ1v) is 7.57. The van der Waals surface area contributed by atoms with Crippen LogP contribution in [0.15, 0.2) is 17.1 Å². The minimum atomic E-state index is -0.387. The molecule has 0 spiro atoms. The number of hydrogen-bond donors (Lipinski definition) is 2. The SMILES string of the molecule is Cc1cc(C)nc(OC2CCCN(C(=O)c3c[nH]c(=O)[nH]3)C2)n1. The Morgan fingerprint density at radius 1 is 1.35 bits per heavy atom. The van der Waals surface area contributed by atoms with Crippen LogP contribution >= 0.6 is 0 Å². The van der Waals surface area contributed by atoms with Crippen molar-refractivity contribution in [3.8, 4) is 6.01 Å². The molecule has 122 valence electrons. The standard InChI is InChI=1S/C15H19N5O3/c1-9-6-10(2)18-15(17-9)23-11-4-3-5-20(8-11)13(21)12-7-16-14(22)19-12/h6-7,11H,3-5,8H2,1-2H3,(H2,16,19,22). The molecule has 8 nitrogen and oxygen atoms in total. The van der Waals surface area contributed by atoms with Crippen molar-refractivity contribution in [1.82, 2.24) is 24.8 Å². The third kappa shape index (κ3) is 3.58. The minimum absolute atomic E-state index is 0.153. The maximum Gasteiger partial charge on any atom is 0.323 e. The zero-order chi connectivity index (χ0) is 16.4. The lowest BCUT2D eigenvalue weighted by Gasteiger charge is -2.32. The lowest BCUT2D eigenvalue weighted by Crippen LogP contribution is -2.44. The van der Waals surface area contributed by atoms with Gasteiger partial charge in [0.05, 0.1) is 6.54 Å². The first-order valence-electron chi connectivity index (χ1n) is 7.57. The molecule has 23 heavy (non-hydrogen) atoms. The van der Waals surface area contributed by atoms with Gasteiger partial charge in [-0.15, -0.1) is 0 Å². The van der Waals surface area contributed by atoms with E-state index in [1.807, 2.05) is 19.9 Å². The number of nitrogens with one attached hydrogen (secondary N) is 2. The van der Waals surface area contributed by atoms with Crippen LogP contribution in [0.3, 0.4) is 0 Å². The molecule has 8 heteroatoms. The molecule has 1 fully saturated rings. The number of aromatic nitrogens is 4. The Bertz CT molecular complexity index is 746. The summed E-state index contributed by atoms with van der Waals surface area (Å²) >= 11 is 0. The molecule has 0 aliphatic carbocycles. The van der Waals surface area contributed by atoms with Crippen LogP contribution in [0.5, 0.6) is 6.01 Å². The van der Waals surface area contributed by atoms with Gasteiger partial charge >= 0.3 is 11.7 Å². The smallest absolute Gasteiger partial charge is 0.323 e. The Hall–Kier alpha value is -2.64. The van der Waals surface area contributed by atoms with E-state index >= 15 is 0 Å². The zero-order valence-corrected chi connectivity index (χ0v) is 13.1. The fourth-order valence-corrected chi connectivity index (χ4v) is 2.73.